The minimum absolute atomic E-state index is 0.0917. The van der Waals surface area contributed by atoms with Crippen molar-refractivity contribution in [1.82, 2.24) is 9.13 Å². The van der Waals surface area contributed by atoms with Crippen molar-refractivity contribution in [1.29, 1.82) is 0 Å². The van der Waals surface area contributed by atoms with E-state index in [0.717, 1.165) is 22.3 Å². The van der Waals surface area contributed by atoms with Gasteiger partial charge in [0.15, 0.2) is 0 Å². The number of nitrogens with zero attached hydrogens (tertiary/aromatic N) is 2. The molecular formula is C46H37F2N3O5. The topological polar surface area (TPSA) is 109 Å². The van der Waals surface area contributed by atoms with Crippen molar-refractivity contribution >= 4 is 33.7 Å². The molecule has 1 amide bonds. The number of carboxylic acid groups (broad SMARTS) is 1. The van der Waals surface area contributed by atoms with E-state index in [1.54, 1.807) is 21.3 Å². The molecule has 0 aliphatic carbocycles. The molecule has 0 saturated carbocycles. The van der Waals surface area contributed by atoms with E-state index in [-0.39, 0.29) is 12.3 Å². The number of amides is 1. The quantitative estimate of drug-likeness (QED) is 0.129. The van der Waals surface area contributed by atoms with Gasteiger partial charge in [0.2, 0.25) is 0 Å². The lowest BCUT2D eigenvalue weighted by Crippen LogP contribution is -2.17. The Morgan fingerprint density at radius 2 is 0.875 bits per heavy atom. The van der Waals surface area contributed by atoms with Crippen LogP contribution in [-0.4, -0.2) is 26.1 Å². The SMILES string of the molecule is NC(=O)c1cc2c(OCc3ccccc3)cc(F)cc2n1Cc1ccccc1.O=C(O)c1cc2c(OCc3ccccc3)cc(F)cc2n1Cc1ccccc1. The summed E-state index contributed by atoms with van der Waals surface area (Å²) in [6.45, 7) is 1.30. The van der Waals surface area contributed by atoms with Crippen LogP contribution in [0.1, 0.15) is 43.2 Å². The summed E-state index contributed by atoms with van der Waals surface area (Å²) in [6, 6.07) is 46.9. The number of rotatable bonds is 12. The van der Waals surface area contributed by atoms with Crippen LogP contribution in [0.25, 0.3) is 21.8 Å². The molecule has 280 valence electrons. The molecule has 0 unspecified atom stereocenters. The fraction of sp³-hybridized carbons (Fsp3) is 0.0870. The number of ether oxygens (including phenoxy) is 2. The Morgan fingerprint density at radius 1 is 0.518 bits per heavy atom. The Bertz CT molecular complexity index is 2430. The summed E-state index contributed by atoms with van der Waals surface area (Å²) >= 11 is 0. The molecule has 0 atom stereocenters. The number of primary amides is 1. The van der Waals surface area contributed by atoms with Crippen LogP contribution in [0.15, 0.2) is 158 Å². The van der Waals surface area contributed by atoms with Gasteiger partial charge in [0.25, 0.3) is 5.91 Å². The molecule has 0 saturated heterocycles. The van der Waals surface area contributed by atoms with Gasteiger partial charge in [-0.05, 0) is 46.5 Å². The lowest BCUT2D eigenvalue weighted by atomic mass is 10.2. The van der Waals surface area contributed by atoms with E-state index in [1.165, 1.54) is 24.3 Å². The summed E-state index contributed by atoms with van der Waals surface area (Å²) in [7, 11) is 0. The number of hydrogen-bond donors (Lipinski definition) is 2. The van der Waals surface area contributed by atoms with E-state index >= 15 is 0 Å². The highest BCUT2D eigenvalue weighted by Gasteiger charge is 2.20. The molecule has 0 aliphatic heterocycles. The van der Waals surface area contributed by atoms with E-state index in [4.69, 9.17) is 15.2 Å². The average molecular weight is 750 g/mol. The van der Waals surface area contributed by atoms with Gasteiger partial charge >= 0.3 is 5.97 Å². The lowest BCUT2D eigenvalue weighted by Gasteiger charge is -2.11. The molecule has 0 radical (unpaired) electrons. The molecule has 8 aromatic rings. The second-order valence-corrected chi connectivity index (χ2v) is 13.1. The zero-order valence-corrected chi connectivity index (χ0v) is 30.1. The van der Waals surface area contributed by atoms with Gasteiger partial charge in [-0.25, -0.2) is 13.6 Å². The van der Waals surface area contributed by atoms with E-state index in [9.17, 15) is 23.5 Å². The van der Waals surface area contributed by atoms with Crippen molar-refractivity contribution in [3.8, 4) is 11.5 Å². The summed E-state index contributed by atoms with van der Waals surface area (Å²) in [5, 5.41) is 10.9. The van der Waals surface area contributed by atoms with Crippen LogP contribution in [0.2, 0.25) is 0 Å². The molecule has 0 fully saturated rings. The molecule has 6 aromatic carbocycles. The van der Waals surface area contributed by atoms with E-state index in [0.29, 0.717) is 58.7 Å². The van der Waals surface area contributed by atoms with Crippen LogP contribution in [-0.2, 0) is 26.3 Å². The Morgan fingerprint density at radius 3 is 1.25 bits per heavy atom. The second-order valence-electron chi connectivity index (χ2n) is 13.1. The molecule has 0 aliphatic rings. The van der Waals surface area contributed by atoms with E-state index < -0.39 is 23.5 Å². The zero-order valence-electron chi connectivity index (χ0n) is 30.1. The highest BCUT2D eigenvalue weighted by atomic mass is 19.1. The van der Waals surface area contributed by atoms with Crippen molar-refractivity contribution in [2.75, 3.05) is 0 Å². The Balaban J connectivity index is 0.000000172. The van der Waals surface area contributed by atoms with Crippen molar-refractivity contribution < 1.29 is 33.0 Å². The predicted molar refractivity (Wildman–Crippen MR) is 212 cm³/mol. The maximum Gasteiger partial charge on any atom is 0.352 e. The fourth-order valence-electron chi connectivity index (χ4n) is 6.55. The maximum absolute atomic E-state index is 14.3. The third-order valence-corrected chi connectivity index (χ3v) is 9.21. The molecule has 3 N–H and O–H groups in total. The molecule has 8 rings (SSSR count). The summed E-state index contributed by atoms with van der Waals surface area (Å²) < 4.78 is 43.7. The van der Waals surface area contributed by atoms with Gasteiger partial charge in [0, 0.05) is 36.0 Å². The molecule has 2 heterocycles. The summed E-state index contributed by atoms with van der Waals surface area (Å²) in [4.78, 5) is 23.8. The van der Waals surface area contributed by atoms with Crippen LogP contribution in [0.3, 0.4) is 0 Å². The minimum atomic E-state index is -1.07. The van der Waals surface area contributed by atoms with Crippen molar-refractivity contribution in [3.63, 3.8) is 0 Å². The molecule has 56 heavy (non-hydrogen) atoms. The highest BCUT2D eigenvalue weighted by molar-refractivity contribution is 6.00. The van der Waals surface area contributed by atoms with Gasteiger partial charge < -0.3 is 29.4 Å². The Labute approximate surface area is 321 Å². The second kappa shape index (κ2) is 16.9. The van der Waals surface area contributed by atoms with Crippen LogP contribution >= 0.6 is 0 Å². The van der Waals surface area contributed by atoms with Gasteiger partial charge in [0.05, 0.1) is 11.0 Å². The van der Waals surface area contributed by atoms with Gasteiger partial charge in [0.1, 0.15) is 47.7 Å². The molecule has 0 spiro atoms. The predicted octanol–water partition coefficient (Wildman–Crippen LogP) is 9.61. The van der Waals surface area contributed by atoms with Gasteiger partial charge in [-0.15, -0.1) is 0 Å². The third kappa shape index (κ3) is 8.61. The van der Waals surface area contributed by atoms with Crippen molar-refractivity contribution in [2.24, 2.45) is 5.73 Å². The monoisotopic (exact) mass is 749 g/mol. The highest BCUT2D eigenvalue weighted by Crippen LogP contribution is 2.33. The van der Waals surface area contributed by atoms with Gasteiger partial charge in [-0.1, -0.05) is 121 Å². The molecule has 10 heteroatoms. The number of halogens is 2. The number of carboxylic acids is 1. The Hall–Kier alpha value is -7.20. The minimum Gasteiger partial charge on any atom is -0.488 e. The number of carbonyl (C=O) groups is 2. The number of fused-ring (bicyclic) bond motifs is 2. The number of nitrogens with two attached hydrogens (primary N) is 1. The van der Waals surface area contributed by atoms with Crippen LogP contribution < -0.4 is 15.2 Å². The average Bonchev–Trinajstić information content (AvgIpc) is 3.76. The number of hydrogen-bond acceptors (Lipinski definition) is 4. The normalized spacial score (nSPS) is 10.9. The first kappa shape index (κ1) is 37.1. The first-order valence-corrected chi connectivity index (χ1v) is 17.8. The first-order chi connectivity index (χ1) is 27.2. The number of carbonyl (C=O) groups excluding carboxylic acids is 1. The van der Waals surface area contributed by atoms with Gasteiger partial charge in [-0.3, -0.25) is 4.79 Å². The number of aromatic nitrogens is 2. The summed E-state index contributed by atoms with van der Waals surface area (Å²) in [6.07, 6.45) is 0. The molecule has 8 nitrogen and oxygen atoms in total. The third-order valence-electron chi connectivity index (χ3n) is 9.21. The van der Waals surface area contributed by atoms with E-state index in [2.05, 4.69) is 0 Å². The van der Waals surface area contributed by atoms with Crippen molar-refractivity contribution in [2.45, 2.75) is 26.3 Å². The smallest absolute Gasteiger partial charge is 0.352 e. The number of benzene rings is 6. The largest absolute Gasteiger partial charge is 0.488 e. The van der Waals surface area contributed by atoms with Crippen LogP contribution in [0.4, 0.5) is 8.78 Å². The molecule has 2 aromatic heterocycles. The fourth-order valence-corrected chi connectivity index (χ4v) is 6.55. The first-order valence-electron chi connectivity index (χ1n) is 17.8. The zero-order chi connectivity index (χ0) is 39.0. The molecular weight excluding hydrogens is 713 g/mol. The summed E-state index contributed by atoms with van der Waals surface area (Å²) in [5.74, 6) is -1.83. The summed E-state index contributed by atoms with van der Waals surface area (Å²) in [5.41, 5.74) is 10.9. The van der Waals surface area contributed by atoms with Crippen LogP contribution in [0.5, 0.6) is 11.5 Å². The number of aromatic carboxylic acids is 1. The van der Waals surface area contributed by atoms with Gasteiger partial charge in [-0.2, -0.15) is 0 Å². The van der Waals surface area contributed by atoms with E-state index in [1.807, 2.05) is 121 Å². The maximum atomic E-state index is 14.3. The lowest BCUT2D eigenvalue weighted by molar-refractivity contribution is 0.0686. The van der Waals surface area contributed by atoms with Crippen molar-refractivity contribution in [3.05, 3.63) is 203 Å². The van der Waals surface area contributed by atoms with Crippen LogP contribution in [0, 0.1) is 11.6 Å². The Kier molecular flexibility index (Phi) is 11.2. The standard InChI is InChI=1S/C23H19FN2O2.C23H18FNO3/c24-18-11-20-19(22(12-18)28-15-17-9-5-2-6-10-17)13-21(23(25)27)26(20)14-16-7-3-1-4-8-16;24-18-11-20-19(22(12-18)28-15-17-9-5-2-6-10-17)13-21(23(26)27)25(20)14-16-7-3-1-4-8-16/h1-13H,14-15H2,(H2,25,27);1-13H,14-15H2,(H,26,27). The molecule has 0 bridgehead atoms.